The van der Waals surface area contributed by atoms with Gasteiger partial charge < -0.3 is 10.1 Å². The largest absolute Gasteiger partial charge is 0.497 e. The molecule has 32 heavy (non-hydrogen) atoms. The van der Waals surface area contributed by atoms with E-state index in [0.717, 1.165) is 39.8 Å². The molecule has 0 saturated heterocycles. The van der Waals surface area contributed by atoms with Crippen LogP contribution < -0.4 is 10.1 Å². The zero-order valence-electron chi connectivity index (χ0n) is 18.1. The first-order chi connectivity index (χ1) is 15.6. The Morgan fingerprint density at radius 3 is 2.66 bits per heavy atom. The normalized spacial score (nSPS) is 13.2. The number of anilines is 1. The van der Waals surface area contributed by atoms with Crippen molar-refractivity contribution in [3.05, 3.63) is 59.3 Å². The van der Waals surface area contributed by atoms with Crippen LogP contribution in [0.5, 0.6) is 5.75 Å². The number of methoxy groups -OCH3 is 1. The standard InChI is InChI=1S/C24H24N4O2S2/c1-15-11-22(26-23(29)14-31-19-9-7-18(30-2)8-10-19)28(27-15)24-25-20-12-16-5-3-4-6-17(16)13-21(20)32-24/h7-13H,3-6,14H2,1-2H3,(H,26,29). The number of nitrogens with one attached hydrogen (secondary N) is 1. The molecular formula is C24H24N4O2S2. The number of ether oxygens (including phenoxy) is 1. The Kier molecular flexibility index (Phi) is 5.89. The lowest BCUT2D eigenvalue weighted by atomic mass is 9.92. The Labute approximate surface area is 195 Å². The second-order valence-electron chi connectivity index (χ2n) is 7.89. The van der Waals surface area contributed by atoms with Crippen molar-refractivity contribution >= 4 is 45.0 Å². The summed E-state index contributed by atoms with van der Waals surface area (Å²) in [6, 6.07) is 14.1. The molecule has 2 aromatic heterocycles. The van der Waals surface area contributed by atoms with Crippen molar-refractivity contribution in [2.24, 2.45) is 0 Å². The van der Waals surface area contributed by atoms with Gasteiger partial charge in [-0.05, 0) is 80.1 Å². The fourth-order valence-corrected chi connectivity index (χ4v) is 5.64. The molecule has 164 valence electrons. The first kappa shape index (κ1) is 21.0. The average molecular weight is 465 g/mol. The number of carbonyl (C=O) groups is 1. The molecule has 1 aliphatic rings. The third-order valence-electron chi connectivity index (χ3n) is 5.55. The number of rotatable bonds is 6. The maximum atomic E-state index is 12.6. The molecule has 0 saturated carbocycles. The highest BCUT2D eigenvalue weighted by Gasteiger charge is 2.17. The molecule has 0 radical (unpaired) electrons. The van der Waals surface area contributed by atoms with Crippen LogP contribution in [0.15, 0.2) is 47.4 Å². The van der Waals surface area contributed by atoms with E-state index in [9.17, 15) is 4.79 Å². The first-order valence-corrected chi connectivity index (χ1v) is 12.5. The molecule has 1 amide bonds. The van der Waals surface area contributed by atoms with Crippen LogP contribution in [0.2, 0.25) is 0 Å². The molecular weight excluding hydrogens is 440 g/mol. The van der Waals surface area contributed by atoms with Gasteiger partial charge in [0.2, 0.25) is 11.0 Å². The van der Waals surface area contributed by atoms with Gasteiger partial charge in [-0.2, -0.15) is 9.78 Å². The van der Waals surface area contributed by atoms with Gasteiger partial charge in [0.05, 0.1) is 28.8 Å². The van der Waals surface area contributed by atoms with Crippen molar-refractivity contribution in [3.8, 4) is 10.9 Å². The molecule has 5 rings (SSSR count). The molecule has 0 fully saturated rings. The summed E-state index contributed by atoms with van der Waals surface area (Å²) in [6.07, 6.45) is 4.78. The fourth-order valence-electron chi connectivity index (χ4n) is 3.97. The Morgan fingerprint density at radius 2 is 1.91 bits per heavy atom. The van der Waals surface area contributed by atoms with Gasteiger partial charge in [0.25, 0.3) is 0 Å². The van der Waals surface area contributed by atoms with E-state index in [4.69, 9.17) is 9.72 Å². The molecule has 0 aliphatic heterocycles. The van der Waals surface area contributed by atoms with Crippen LogP contribution in [0.25, 0.3) is 15.3 Å². The van der Waals surface area contributed by atoms with Crippen LogP contribution in [0.3, 0.4) is 0 Å². The van der Waals surface area contributed by atoms with Crippen LogP contribution in [0, 0.1) is 6.92 Å². The van der Waals surface area contributed by atoms with Gasteiger partial charge in [0.15, 0.2) is 0 Å². The molecule has 1 aliphatic carbocycles. The van der Waals surface area contributed by atoms with E-state index in [1.807, 2.05) is 37.3 Å². The van der Waals surface area contributed by atoms with Crippen LogP contribution >= 0.6 is 23.1 Å². The lowest BCUT2D eigenvalue weighted by Gasteiger charge is -2.14. The van der Waals surface area contributed by atoms with Crippen molar-refractivity contribution in [1.29, 1.82) is 0 Å². The summed E-state index contributed by atoms with van der Waals surface area (Å²) in [5.74, 6) is 1.67. The maximum absolute atomic E-state index is 12.6. The minimum atomic E-state index is -0.0801. The van der Waals surface area contributed by atoms with Crippen LogP contribution in [0.4, 0.5) is 5.82 Å². The van der Waals surface area contributed by atoms with E-state index < -0.39 is 0 Å². The summed E-state index contributed by atoms with van der Waals surface area (Å²) in [5.41, 5.74) is 4.70. The summed E-state index contributed by atoms with van der Waals surface area (Å²) in [4.78, 5) is 18.5. The highest BCUT2D eigenvalue weighted by molar-refractivity contribution is 8.00. The topological polar surface area (TPSA) is 69.0 Å². The second kappa shape index (κ2) is 8.96. The summed E-state index contributed by atoms with van der Waals surface area (Å²) in [7, 11) is 1.64. The van der Waals surface area contributed by atoms with Crippen LogP contribution in [0.1, 0.15) is 29.7 Å². The number of benzene rings is 2. The molecule has 6 nitrogen and oxygen atoms in total. The van der Waals surface area contributed by atoms with E-state index in [0.29, 0.717) is 11.6 Å². The highest BCUT2D eigenvalue weighted by Crippen LogP contribution is 2.32. The quantitative estimate of drug-likeness (QED) is 0.387. The lowest BCUT2D eigenvalue weighted by Crippen LogP contribution is -2.16. The smallest absolute Gasteiger partial charge is 0.235 e. The molecule has 2 heterocycles. The van der Waals surface area contributed by atoms with Crippen molar-refractivity contribution in [1.82, 2.24) is 14.8 Å². The monoisotopic (exact) mass is 464 g/mol. The SMILES string of the molecule is COc1ccc(SCC(=O)Nc2cc(C)nn2-c2nc3cc4c(cc3s2)CCCC4)cc1. The number of thiazole rings is 1. The highest BCUT2D eigenvalue weighted by atomic mass is 32.2. The molecule has 1 N–H and O–H groups in total. The zero-order valence-corrected chi connectivity index (χ0v) is 19.7. The van der Waals surface area contributed by atoms with Gasteiger partial charge >= 0.3 is 0 Å². The lowest BCUT2D eigenvalue weighted by molar-refractivity contribution is -0.113. The Balaban J connectivity index is 1.33. The van der Waals surface area contributed by atoms with E-state index in [2.05, 4.69) is 22.5 Å². The average Bonchev–Trinajstić information content (AvgIpc) is 3.38. The Morgan fingerprint density at radius 1 is 1.16 bits per heavy atom. The van der Waals surface area contributed by atoms with Crippen molar-refractivity contribution < 1.29 is 9.53 Å². The molecule has 0 bridgehead atoms. The predicted octanol–water partition coefficient (Wildman–Crippen LogP) is 5.41. The Bertz CT molecular complexity index is 1230. The van der Waals surface area contributed by atoms with Gasteiger partial charge in [-0.15, -0.1) is 11.8 Å². The maximum Gasteiger partial charge on any atom is 0.235 e. The third-order valence-corrected chi connectivity index (χ3v) is 7.56. The van der Waals surface area contributed by atoms with Crippen LogP contribution in [-0.4, -0.2) is 33.5 Å². The number of aromatic nitrogens is 3. The number of fused-ring (bicyclic) bond motifs is 2. The number of nitrogens with zero attached hydrogens (tertiary/aromatic N) is 3. The zero-order chi connectivity index (χ0) is 22.1. The summed E-state index contributed by atoms with van der Waals surface area (Å²) >= 11 is 3.10. The number of carbonyl (C=O) groups excluding carboxylic acids is 1. The molecule has 0 spiro atoms. The van der Waals surface area contributed by atoms with Crippen molar-refractivity contribution in [2.45, 2.75) is 37.5 Å². The Hall–Kier alpha value is -2.84. The molecule has 0 atom stereocenters. The number of hydrogen-bond acceptors (Lipinski definition) is 6. The summed E-state index contributed by atoms with van der Waals surface area (Å²) in [5, 5.41) is 8.37. The first-order valence-electron chi connectivity index (χ1n) is 10.6. The van der Waals surface area contributed by atoms with Gasteiger partial charge in [-0.1, -0.05) is 11.3 Å². The molecule has 2 aromatic carbocycles. The predicted molar refractivity (Wildman–Crippen MR) is 130 cm³/mol. The van der Waals surface area contributed by atoms with Crippen molar-refractivity contribution in [3.63, 3.8) is 0 Å². The summed E-state index contributed by atoms with van der Waals surface area (Å²) < 4.78 is 8.09. The number of hydrogen-bond donors (Lipinski definition) is 1. The van der Waals surface area contributed by atoms with Gasteiger partial charge in [0, 0.05) is 11.0 Å². The van der Waals surface area contributed by atoms with Gasteiger partial charge in [-0.3, -0.25) is 4.79 Å². The molecule has 8 heteroatoms. The van der Waals surface area contributed by atoms with E-state index in [-0.39, 0.29) is 5.91 Å². The minimum absolute atomic E-state index is 0.0801. The van der Waals surface area contributed by atoms with E-state index in [1.54, 1.807) is 23.1 Å². The molecule has 0 unspecified atom stereocenters. The second-order valence-corrected chi connectivity index (χ2v) is 9.95. The minimum Gasteiger partial charge on any atom is -0.497 e. The number of aryl methyl sites for hydroxylation is 3. The van der Waals surface area contributed by atoms with Crippen LogP contribution in [-0.2, 0) is 17.6 Å². The van der Waals surface area contributed by atoms with E-state index >= 15 is 0 Å². The third kappa shape index (κ3) is 4.38. The fraction of sp³-hybridized carbons (Fsp3) is 0.292. The number of amides is 1. The number of thioether (sulfide) groups is 1. The van der Waals surface area contributed by atoms with Crippen molar-refractivity contribution in [2.75, 3.05) is 18.2 Å². The molecule has 4 aromatic rings. The van der Waals surface area contributed by atoms with E-state index in [1.165, 1.54) is 40.4 Å². The summed E-state index contributed by atoms with van der Waals surface area (Å²) in [6.45, 7) is 1.92. The van der Waals surface area contributed by atoms with Gasteiger partial charge in [-0.25, -0.2) is 4.98 Å². The van der Waals surface area contributed by atoms with Gasteiger partial charge in [0.1, 0.15) is 11.6 Å².